The van der Waals surface area contributed by atoms with Gasteiger partial charge in [0.15, 0.2) is 0 Å². The van der Waals surface area contributed by atoms with E-state index in [2.05, 4.69) is 10.3 Å². The Kier molecular flexibility index (Phi) is 4.95. The number of ether oxygens (including phenoxy) is 1. The number of amides is 2. The number of hydrogen-bond acceptors (Lipinski definition) is 5. The van der Waals surface area contributed by atoms with Crippen molar-refractivity contribution in [3.8, 4) is 5.88 Å². The van der Waals surface area contributed by atoms with Crippen molar-refractivity contribution in [2.75, 3.05) is 20.1 Å². The van der Waals surface area contributed by atoms with Crippen LogP contribution in [0.2, 0.25) is 0 Å². The SMILES string of the molecule is CNC(=O)c1csc2c(C(F)(F)F)cc(OC3CC4(C3)CN(C(=O)C(C)C)C4)nc12. The van der Waals surface area contributed by atoms with Crippen LogP contribution in [0.25, 0.3) is 10.2 Å². The van der Waals surface area contributed by atoms with E-state index in [1.807, 2.05) is 18.7 Å². The van der Waals surface area contributed by atoms with Gasteiger partial charge in [0.25, 0.3) is 5.91 Å². The highest BCUT2D eigenvalue weighted by Gasteiger charge is 2.55. The normalized spacial score (nSPS) is 18.4. The molecule has 30 heavy (non-hydrogen) atoms. The Morgan fingerprint density at radius 2 is 2.00 bits per heavy atom. The highest BCUT2D eigenvalue weighted by atomic mass is 32.1. The van der Waals surface area contributed by atoms with Gasteiger partial charge in [-0.05, 0) is 12.8 Å². The summed E-state index contributed by atoms with van der Waals surface area (Å²) in [5.74, 6) is -0.559. The minimum atomic E-state index is -4.59. The standard InChI is InChI=1S/C20H22F3N3O3S/c1-10(2)18(28)26-8-19(9-26)5-11(6-19)29-14-4-13(20(21,22)23)16-15(25-14)12(7-30-16)17(27)24-3/h4,7,10-11H,5-6,8-9H2,1-3H3,(H,24,27). The maximum absolute atomic E-state index is 13.6. The summed E-state index contributed by atoms with van der Waals surface area (Å²) in [5, 5.41) is 3.80. The predicted molar refractivity (Wildman–Crippen MR) is 106 cm³/mol. The summed E-state index contributed by atoms with van der Waals surface area (Å²) in [6.45, 7) is 5.04. The molecule has 0 aromatic carbocycles. The van der Waals surface area contributed by atoms with Gasteiger partial charge in [-0.1, -0.05) is 13.8 Å². The van der Waals surface area contributed by atoms with Crippen LogP contribution in [0.15, 0.2) is 11.4 Å². The zero-order valence-corrected chi connectivity index (χ0v) is 17.6. The molecule has 4 rings (SSSR count). The summed E-state index contributed by atoms with van der Waals surface area (Å²) in [6, 6.07) is 0.910. The Morgan fingerprint density at radius 3 is 2.57 bits per heavy atom. The van der Waals surface area contributed by atoms with E-state index in [4.69, 9.17) is 4.74 Å². The maximum atomic E-state index is 13.6. The third-order valence-corrected chi connectivity index (χ3v) is 6.75. The Hall–Kier alpha value is -2.36. The maximum Gasteiger partial charge on any atom is 0.418 e. The zero-order valence-electron chi connectivity index (χ0n) is 16.8. The number of nitrogens with one attached hydrogen (secondary N) is 1. The van der Waals surface area contributed by atoms with E-state index in [1.165, 1.54) is 12.4 Å². The van der Waals surface area contributed by atoms with Crippen LogP contribution >= 0.6 is 11.3 Å². The molecule has 162 valence electrons. The molecule has 2 amide bonds. The van der Waals surface area contributed by atoms with Gasteiger partial charge in [0.2, 0.25) is 11.8 Å². The van der Waals surface area contributed by atoms with Gasteiger partial charge in [-0.2, -0.15) is 13.2 Å². The van der Waals surface area contributed by atoms with E-state index in [1.54, 1.807) is 0 Å². The van der Waals surface area contributed by atoms with Gasteiger partial charge in [0.1, 0.15) is 6.10 Å². The molecule has 10 heteroatoms. The molecule has 0 unspecified atom stereocenters. The first-order valence-electron chi connectivity index (χ1n) is 9.70. The number of likely N-dealkylation sites (tertiary alicyclic amines) is 1. The van der Waals surface area contributed by atoms with Crippen molar-refractivity contribution >= 4 is 33.4 Å². The molecule has 2 aromatic heterocycles. The van der Waals surface area contributed by atoms with Gasteiger partial charge in [-0.25, -0.2) is 4.98 Å². The first-order chi connectivity index (χ1) is 14.0. The molecular weight excluding hydrogens is 419 g/mol. The van der Waals surface area contributed by atoms with Crippen LogP contribution in [-0.4, -0.2) is 47.9 Å². The number of carbonyl (C=O) groups is 2. The van der Waals surface area contributed by atoms with Crippen molar-refractivity contribution < 1.29 is 27.5 Å². The van der Waals surface area contributed by atoms with Crippen molar-refractivity contribution in [1.82, 2.24) is 15.2 Å². The average Bonchev–Trinajstić information content (AvgIpc) is 3.03. The summed E-state index contributed by atoms with van der Waals surface area (Å²) < 4.78 is 46.4. The van der Waals surface area contributed by atoms with Gasteiger partial charge in [0.05, 0.1) is 21.3 Å². The first kappa shape index (κ1) is 20.9. The quantitative estimate of drug-likeness (QED) is 0.786. The highest BCUT2D eigenvalue weighted by Crippen LogP contribution is 2.50. The number of pyridine rings is 1. The topological polar surface area (TPSA) is 71.5 Å². The van der Waals surface area contributed by atoms with Gasteiger partial charge in [-0.3, -0.25) is 9.59 Å². The summed E-state index contributed by atoms with van der Waals surface area (Å²) >= 11 is 0.840. The van der Waals surface area contributed by atoms with Gasteiger partial charge >= 0.3 is 6.18 Å². The van der Waals surface area contributed by atoms with Crippen LogP contribution in [0, 0.1) is 11.3 Å². The van der Waals surface area contributed by atoms with Crippen LogP contribution < -0.4 is 10.1 Å². The number of fused-ring (bicyclic) bond motifs is 1. The summed E-state index contributed by atoms with van der Waals surface area (Å²) in [7, 11) is 1.41. The van der Waals surface area contributed by atoms with E-state index in [0.717, 1.165) is 17.4 Å². The lowest BCUT2D eigenvalue weighted by Crippen LogP contribution is -2.66. The van der Waals surface area contributed by atoms with Crippen LogP contribution in [0.3, 0.4) is 0 Å². The molecule has 0 atom stereocenters. The smallest absolute Gasteiger partial charge is 0.418 e. The van der Waals surface area contributed by atoms with Crippen molar-refractivity contribution in [3.05, 3.63) is 22.6 Å². The van der Waals surface area contributed by atoms with E-state index < -0.39 is 17.6 Å². The fourth-order valence-electron chi connectivity index (χ4n) is 4.25. The second kappa shape index (κ2) is 7.11. The minimum Gasteiger partial charge on any atom is -0.474 e. The Balaban J connectivity index is 1.52. The molecule has 2 fully saturated rings. The molecule has 1 aliphatic heterocycles. The number of halogens is 3. The average molecular weight is 441 g/mol. The largest absolute Gasteiger partial charge is 0.474 e. The third-order valence-electron chi connectivity index (χ3n) is 5.74. The Labute approximate surface area is 175 Å². The third kappa shape index (κ3) is 3.51. The van der Waals surface area contributed by atoms with Gasteiger partial charge in [-0.15, -0.1) is 11.3 Å². The predicted octanol–water partition coefficient (Wildman–Crippen LogP) is 3.70. The number of thiophene rings is 1. The van der Waals surface area contributed by atoms with Crippen LogP contribution in [-0.2, 0) is 11.0 Å². The van der Waals surface area contributed by atoms with Crippen molar-refractivity contribution in [3.63, 3.8) is 0 Å². The van der Waals surface area contributed by atoms with E-state index in [9.17, 15) is 22.8 Å². The summed E-state index contributed by atoms with van der Waals surface area (Å²) in [5.41, 5.74) is -0.757. The van der Waals surface area contributed by atoms with Crippen molar-refractivity contribution in [2.24, 2.45) is 11.3 Å². The summed E-state index contributed by atoms with van der Waals surface area (Å²) in [4.78, 5) is 30.1. The molecule has 6 nitrogen and oxygen atoms in total. The molecule has 1 N–H and O–H groups in total. The molecule has 1 saturated carbocycles. The Bertz CT molecular complexity index is 1000. The van der Waals surface area contributed by atoms with Crippen LogP contribution in [0.5, 0.6) is 5.88 Å². The number of alkyl halides is 3. The van der Waals surface area contributed by atoms with E-state index >= 15 is 0 Å². The molecule has 1 saturated heterocycles. The number of carbonyl (C=O) groups excluding carboxylic acids is 2. The lowest BCUT2D eigenvalue weighted by atomic mass is 9.61. The van der Waals surface area contributed by atoms with Crippen molar-refractivity contribution in [2.45, 2.75) is 39.0 Å². The second-order valence-corrected chi connectivity index (χ2v) is 9.29. The number of rotatable bonds is 4. The lowest BCUT2D eigenvalue weighted by Gasteiger charge is -2.58. The molecule has 2 aliphatic rings. The number of aromatic nitrogens is 1. The van der Waals surface area contributed by atoms with Gasteiger partial charge < -0.3 is 15.0 Å². The molecule has 3 heterocycles. The zero-order chi connectivity index (χ0) is 21.8. The number of hydrogen-bond donors (Lipinski definition) is 1. The fraction of sp³-hybridized carbons (Fsp3) is 0.550. The molecule has 0 bridgehead atoms. The number of nitrogens with zero attached hydrogens (tertiary/aromatic N) is 2. The first-order valence-corrected chi connectivity index (χ1v) is 10.6. The van der Waals surface area contributed by atoms with Crippen LogP contribution in [0.1, 0.15) is 42.6 Å². The minimum absolute atomic E-state index is 0.00180. The fourth-order valence-corrected chi connectivity index (χ4v) is 5.28. The van der Waals surface area contributed by atoms with E-state index in [-0.39, 0.29) is 45.0 Å². The Morgan fingerprint density at radius 1 is 1.33 bits per heavy atom. The van der Waals surface area contributed by atoms with Crippen LogP contribution in [0.4, 0.5) is 13.2 Å². The highest BCUT2D eigenvalue weighted by molar-refractivity contribution is 7.17. The lowest BCUT2D eigenvalue weighted by molar-refractivity contribution is -0.163. The molecule has 2 aromatic rings. The monoisotopic (exact) mass is 441 g/mol. The molecule has 0 radical (unpaired) electrons. The van der Waals surface area contributed by atoms with E-state index in [0.29, 0.717) is 25.9 Å². The summed E-state index contributed by atoms with van der Waals surface area (Å²) in [6.07, 6.45) is -3.50. The molecule has 1 spiro atoms. The molecule has 1 aliphatic carbocycles. The second-order valence-electron chi connectivity index (χ2n) is 8.41. The van der Waals surface area contributed by atoms with Gasteiger partial charge in [0, 0.05) is 42.9 Å². The van der Waals surface area contributed by atoms with Crippen molar-refractivity contribution in [1.29, 1.82) is 0 Å². The molecular formula is C20H22F3N3O3S.